The van der Waals surface area contributed by atoms with E-state index in [4.69, 9.17) is 13.6 Å². The third kappa shape index (κ3) is 3.83. The van der Waals surface area contributed by atoms with Crippen molar-refractivity contribution in [3.63, 3.8) is 0 Å². The second-order valence-electron chi connectivity index (χ2n) is 5.88. The van der Waals surface area contributed by atoms with Gasteiger partial charge in [-0.05, 0) is 39.8 Å². The van der Waals surface area contributed by atoms with Crippen molar-refractivity contribution in [3.05, 3.63) is 46.3 Å². The summed E-state index contributed by atoms with van der Waals surface area (Å²) in [5.41, 5.74) is 0.111. The fourth-order valence-electron chi connectivity index (χ4n) is 2.63. The summed E-state index contributed by atoms with van der Waals surface area (Å²) >= 11 is 0. The molecule has 0 amide bonds. The van der Waals surface area contributed by atoms with Crippen molar-refractivity contribution in [1.82, 2.24) is 5.32 Å². The largest absolute Gasteiger partial charge is 0.466 e. The van der Waals surface area contributed by atoms with Crippen LogP contribution < -0.4 is 5.32 Å². The van der Waals surface area contributed by atoms with Gasteiger partial charge < -0.3 is 24.0 Å². The van der Waals surface area contributed by atoms with Gasteiger partial charge in [0.05, 0.1) is 13.7 Å². The van der Waals surface area contributed by atoms with Crippen molar-refractivity contribution < 1.29 is 23.5 Å². The van der Waals surface area contributed by atoms with Crippen LogP contribution in [0.15, 0.2) is 21.0 Å². The van der Waals surface area contributed by atoms with Gasteiger partial charge in [0.25, 0.3) is 0 Å². The molecule has 0 aliphatic carbocycles. The highest BCUT2D eigenvalue weighted by Gasteiger charge is 2.27. The molecule has 2 aromatic heterocycles. The molecule has 0 spiro atoms. The number of hydrogen-bond donors (Lipinski definition) is 2. The third-order valence-electron chi connectivity index (χ3n) is 3.76. The maximum absolute atomic E-state index is 11.6. The highest BCUT2D eigenvalue weighted by molar-refractivity contribution is 5.90. The lowest BCUT2D eigenvalue weighted by molar-refractivity contribution is 0.0546. The van der Waals surface area contributed by atoms with Crippen molar-refractivity contribution in [2.24, 2.45) is 0 Å². The van der Waals surface area contributed by atoms with E-state index in [1.54, 1.807) is 19.9 Å². The summed E-state index contributed by atoms with van der Waals surface area (Å²) in [5, 5.41) is 13.8. The van der Waals surface area contributed by atoms with Gasteiger partial charge in [0.15, 0.2) is 0 Å². The number of aliphatic hydroxyl groups is 1. The zero-order valence-electron chi connectivity index (χ0n) is 14.1. The van der Waals surface area contributed by atoms with Crippen LogP contribution in [0, 0.1) is 20.8 Å². The Morgan fingerprint density at radius 2 is 1.96 bits per heavy atom. The van der Waals surface area contributed by atoms with Crippen molar-refractivity contribution in [1.29, 1.82) is 0 Å². The Hall–Kier alpha value is -2.05. The van der Waals surface area contributed by atoms with Crippen LogP contribution in [0.5, 0.6) is 0 Å². The molecule has 0 aliphatic rings. The summed E-state index contributed by atoms with van der Waals surface area (Å²) in [6, 6.07) is 3.49. The molecule has 126 valence electrons. The smallest absolute Gasteiger partial charge is 0.341 e. The van der Waals surface area contributed by atoms with Gasteiger partial charge in [-0.2, -0.15) is 0 Å². The minimum Gasteiger partial charge on any atom is -0.466 e. The average Bonchev–Trinajstić information content (AvgIpc) is 3.00. The van der Waals surface area contributed by atoms with Crippen LogP contribution in [0.3, 0.4) is 0 Å². The van der Waals surface area contributed by atoms with E-state index in [9.17, 15) is 9.90 Å². The van der Waals surface area contributed by atoms with Gasteiger partial charge in [-0.25, -0.2) is 4.79 Å². The molecular weight excluding hydrogens is 298 g/mol. The van der Waals surface area contributed by atoms with Gasteiger partial charge in [-0.1, -0.05) is 0 Å². The topological polar surface area (TPSA) is 84.8 Å². The molecule has 1 atom stereocenters. The van der Waals surface area contributed by atoms with E-state index < -0.39 is 11.6 Å². The van der Waals surface area contributed by atoms with Crippen molar-refractivity contribution in [2.45, 2.75) is 39.8 Å². The van der Waals surface area contributed by atoms with Gasteiger partial charge in [0, 0.05) is 12.1 Å². The van der Waals surface area contributed by atoms with E-state index >= 15 is 0 Å². The molecule has 0 bridgehead atoms. The van der Waals surface area contributed by atoms with Crippen LogP contribution in [-0.2, 0) is 16.9 Å². The number of aryl methyl sites for hydroxylation is 3. The summed E-state index contributed by atoms with van der Waals surface area (Å²) in [6.07, 6.45) is 0. The predicted molar refractivity (Wildman–Crippen MR) is 84.2 cm³/mol. The van der Waals surface area contributed by atoms with E-state index in [0.717, 1.165) is 11.3 Å². The molecular formula is C17H23NO5. The normalized spacial score (nSPS) is 13.8. The third-order valence-corrected chi connectivity index (χ3v) is 3.76. The second kappa shape index (κ2) is 6.60. The number of carbonyl (C=O) groups excluding carboxylic acids is 1. The van der Waals surface area contributed by atoms with E-state index in [2.05, 4.69) is 5.32 Å². The molecule has 2 rings (SSSR count). The number of carbonyl (C=O) groups is 1. The lowest BCUT2D eigenvalue weighted by Crippen LogP contribution is -2.35. The maximum atomic E-state index is 11.6. The fraction of sp³-hybridized carbons (Fsp3) is 0.471. The molecule has 0 fully saturated rings. The van der Waals surface area contributed by atoms with Crippen molar-refractivity contribution in [2.75, 3.05) is 13.7 Å². The Balaban J connectivity index is 1.99. The van der Waals surface area contributed by atoms with Gasteiger partial charge in [-0.3, -0.25) is 0 Å². The lowest BCUT2D eigenvalue weighted by atomic mass is 9.96. The van der Waals surface area contributed by atoms with E-state index in [0.29, 0.717) is 35.9 Å². The summed E-state index contributed by atoms with van der Waals surface area (Å²) in [5.74, 6) is 2.17. The zero-order valence-corrected chi connectivity index (χ0v) is 14.1. The number of ether oxygens (including phenoxy) is 1. The van der Waals surface area contributed by atoms with Gasteiger partial charge in [0.2, 0.25) is 0 Å². The quantitative estimate of drug-likeness (QED) is 0.796. The summed E-state index contributed by atoms with van der Waals surface area (Å²) in [7, 11) is 1.33. The molecule has 0 saturated heterocycles. The van der Waals surface area contributed by atoms with Crippen LogP contribution in [-0.4, -0.2) is 24.7 Å². The van der Waals surface area contributed by atoms with Crippen LogP contribution >= 0.6 is 0 Å². The van der Waals surface area contributed by atoms with E-state index in [-0.39, 0.29) is 0 Å². The molecule has 0 saturated carbocycles. The summed E-state index contributed by atoms with van der Waals surface area (Å²) in [4.78, 5) is 11.6. The first-order chi connectivity index (χ1) is 10.7. The number of rotatable bonds is 6. The van der Waals surface area contributed by atoms with Crippen LogP contribution in [0.25, 0.3) is 0 Å². The Bertz CT molecular complexity index is 696. The molecule has 2 aromatic rings. The van der Waals surface area contributed by atoms with Gasteiger partial charge >= 0.3 is 5.97 Å². The Labute approximate surface area is 135 Å². The SMILES string of the molecule is COC(=O)c1cc(CNCC(C)(O)c2cc(C)oc2C)oc1C. The predicted octanol–water partition coefficient (Wildman–Crippen LogP) is 2.58. The minimum absolute atomic E-state index is 0.320. The van der Waals surface area contributed by atoms with Crippen LogP contribution in [0.2, 0.25) is 0 Å². The molecule has 23 heavy (non-hydrogen) atoms. The molecule has 0 aliphatic heterocycles. The molecule has 0 radical (unpaired) electrons. The highest BCUT2D eigenvalue weighted by atomic mass is 16.5. The second-order valence-corrected chi connectivity index (χ2v) is 5.88. The van der Waals surface area contributed by atoms with E-state index in [1.165, 1.54) is 7.11 Å². The van der Waals surface area contributed by atoms with Crippen molar-refractivity contribution >= 4 is 5.97 Å². The highest BCUT2D eigenvalue weighted by Crippen LogP contribution is 2.26. The molecule has 6 nitrogen and oxygen atoms in total. The summed E-state index contributed by atoms with van der Waals surface area (Å²) in [6.45, 7) is 7.83. The maximum Gasteiger partial charge on any atom is 0.341 e. The number of methoxy groups -OCH3 is 1. The number of hydrogen-bond acceptors (Lipinski definition) is 6. The number of nitrogens with one attached hydrogen (secondary N) is 1. The zero-order chi connectivity index (χ0) is 17.2. The van der Waals surface area contributed by atoms with Crippen LogP contribution in [0.1, 0.15) is 45.9 Å². The Morgan fingerprint density at radius 3 is 2.52 bits per heavy atom. The molecule has 6 heteroatoms. The first-order valence-corrected chi connectivity index (χ1v) is 7.43. The lowest BCUT2D eigenvalue weighted by Gasteiger charge is -2.23. The number of furan rings is 2. The molecule has 0 aromatic carbocycles. The summed E-state index contributed by atoms with van der Waals surface area (Å²) < 4.78 is 15.7. The minimum atomic E-state index is -1.06. The molecule has 1 unspecified atom stereocenters. The monoisotopic (exact) mass is 321 g/mol. The van der Waals surface area contributed by atoms with E-state index in [1.807, 2.05) is 19.9 Å². The van der Waals surface area contributed by atoms with Gasteiger partial charge in [0.1, 0.15) is 34.2 Å². The fourth-order valence-corrected chi connectivity index (χ4v) is 2.63. The first kappa shape index (κ1) is 17.3. The number of esters is 1. The standard InChI is InChI=1S/C17H23NO5/c1-10-6-15(12(3)22-10)17(4,20)9-18-8-13-7-14(11(2)23-13)16(19)21-5/h6-7,18,20H,8-9H2,1-5H3. The molecule has 2 N–H and O–H groups in total. The molecule has 2 heterocycles. The van der Waals surface area contributed by atoms with Crippen molar-refractivity contribution in [3.8, 4) is 0 Å². The van der Waals surface area contributed by atoms with Gasteiger partial charge in [-0.15, -0.1) is 0 Å². The average molecular weight is 321 g/mol. The van der Waals surface area contributed by atoms with Crippen LogP contribution in [0.4, 0.5) is 0 Å². The Morgan fingerprint density at radius 1 is 1.26 bits per heavy atom. The Kier molecular flexibility index (Phi) is 4.97. The first-order valence-electron chi connectivity index (χ1n) is 7.43.